The van der Waals surface area contributed by atoms with E-state index in [1.807, 2.05) is 6.92 Å². The number of nitrogens with one attached hydrogen (secondary N) is 2. The summed E-state index contributed by atoms with van der Waals surface area (Å²) in [5, 5.41) is 6.43. The molecule has 5 nitrogen and oxygen atoms in total. The number of rotatable bonds is 6. The smallest absolute Gasteiger partial charge is 0.221 e. The predicted octanol–water partition coefficient (Wildman–Crippen LogP) is 2.32. The quantitative estimate of drug-likeness (QED) is 0.787. The van der Waals surface area contributed by atoms with E-state index in [9.17, 15) is 4.79 Å². The fourth-order valence-corrected chi connectivity index (χ4v) is 1.68. The van der Waals surface area contributed by atoms with E-state index in [0.29, 0.717) is 42.2 Å². The molecule has 19 heavy (non-hydrogen) atoms. The van der Waals surface area contributed by atoms with Crippen molar-refractivity contribution in [2.45, 2.75) is 34.1 Å². The molecule has 0 aliphatic rings. The van der Waals surface area contributed by atoms with Gasteiger partial charge in [-0.15, -0.1) is 0 Å². The monoisotopic (exact) mass is 284 g/mol. The van der Waals surface area contributed by atoms with Crippen molar-refractivity contribution in [1.82, 2.24) is 15.3 Å². The maximum absolute atomic E-state index is 11.5. The summed E-state index contributed by atoms with van der Waals surface area (Å²) in [6.07, 6.45) is 0.410. The number of aryl methyl sites for hydroxylation is 1. The van der Waals surface area contributed by atoms with Gasteiger partial charge in [0.05, 0.1) is 0 Å². The lowest BCUT2D eigenvalue weighted by Gasteiger charge is -2.11. The Morgan fingerprint density at radius 1 is 1.32 bits per heavy atom. The van der Waals surface area contributed by atoms with Gasteiger partial charge in [0, 0.05) is 25.1 Å². The molecule has 0 aliphatic heterocycles. The number of carbonyl (C=O) groups is 1. The van der Waals surface area contributed by atoms with Crippen LogP contribution in [0.15, 0.2) is 0 Å². The molecule has 106 valence electrons. The molecule has 0 unspecified atom stereocenters. The van der Waals surface area contributed by atoms with Crippen LogP contribution in [0.2, 0.25) is 5.15 Å². The Kier molecular flexibility index (Phi) is 6.02. The zero-order valence-corrected chi connectivity index (χ0v) is 12.6. The standard InChI is InChI=1S/C13H21ClN4O/c1-8(2)7-16-11(19)5-6-15-13-9(3)12(14)17-10(4)18-13/h8H,5-7H2,1-4H3,(H,16,19)(H,15,17,18). The zero-order valence-electron chi connectivity index (χ0n) is 11.9. The lowest BCUT2D eigenvalue weighted by Crippen LogP contribution is -2.28. The van der Waals surface area contributed by atoms with Gasteiger partial charge in [-0.1, -0.05) is 25.4 Å². The summed E-state index contributed by atoms with van der Waals surface area (Å²) in [6.45, 7) is 8.99. The van der Waals surface area contributed by atoms with Crippen molar-refractivity contribution in [3.8, 4) is 0 Å². The summed E-state index contributed by atoms with van der Waals surface area (Å²) in [7, 11) is 0. The Balaban J connectivity index is 2.43. The highest BCUT2D eigenvalue weighted by atomic mass is 35.5. The fraction of sp³-hybridized carbons (Fsp3) is 0.615. The molecule has 0 fully saturated rings. The maximum atomic E-state index is 11.5. The predicted molar refractivity (Wildman–Crippen MR) is 77.5 cm³/mol. The van der Waals surface area contributed by atoms with Gasteiger partial charge in [0.15, 0.2) is 0 Å². The van der Waals surface area contributed by atoms with Crippen molar-refractivity contribution >= 4 is 23.3 Å². The molecule has 1 rings (SSSR count). The summed E-state index contributed by atoms with van der Waals surface area (Å²) in [5.74, 6) is 1.80. The van der Waals surface area contributed by atoms with E-state index < -0.39 is 0 Å². The first-order valence-electron chi connectivity index (χ1n) is 6.41. The van der Waals surface area contributed by atoms with Gasteiger partial charge in [-0.25, -0.2) is 9.97 Å². The Morgan fingerprint density at radius 2 is 2.00 bits per heavy atom. The SMILES string of the molecule is Cc1nc(Cl)c(C)c(NCCC(=O)NCC(C)C)n1. The highest BCUT2D eigenvalue weighted by Crippen LogP contribution is 2.19. The van der Waals surface area contributed by atoms with E-state index in [1.165, 1.54) is 0 Å². The topological polar surface area (TPSA) is 66.9 Å². The van der Waals surface area contributed by atoms with Crippen LogP contribution >= 0.6 is 11.6 Å². The maximum Gasteiger partial charge on any atom is 0.221 e. The highest BCUT2D eigenvalue weighted by molar-refractivity contribution is 6.30. The highest BCUT2D eigenvalue weighted by Gasteiger charge is 2.08. The molecular weight excluding hydrogens is 264 g/mol. The van der Waals surface area contributed by atoms with Gasteiger partial charge in [-0.3, -0.25) is 4.79 Å². The van der Waals surface area contributed by atoms with Gasteiger partial charge in [0.2, 0.25) is 5.91 Å². The van der Waals surface area contributed by atoms with Gasteiger partial charge in [0.25, 0.3) is 0 Å². The van der Waals surface area contributed by atoms with Crippen LogP contribution in [0.3, 0.4) is 0 Å². The van der Waals surface area contributed by atoms with E-state index in [1.54, 1.807) is 6.92 Å². The molecular formula is C13H21ClN4O. The van der Waals surface area contributed by atoms with Gasteiger partial charge in [-0.2, -0.15) is 0 Å². The number of amides is 1. The molecule has 0 aromatic carbocycles. The Bertz CT molecular complexity index is 449. The molecule has 1 heterocycles. The lowest BCUT2D eigenvalue weighted by atomic mass is 10.2. The van der Waals surface area contributed by atoms with Gasteiger partial charge in [-0.05, 0) is 19.8 Å². The van der Waals surface area contributed by atoms with Gasteiger partial charge in [0.1, 0.15) is 16.8 Å². The van der Waals surface area contributed by atoms with Crippen LogP contribution in [0.1, 0.15) is 31.7 Å². The van der Waals surface area contributed by atoms with E-state index in [0.717, 1.165) is 5.56 Å². The van der Waals surface area contributed by atoms with Crippen LogP contribution < -0.4 is 10.6 Å². The molecule has 1 amide bonds. The van der Waals surface area contributed by atoms with Gasteiger partial charge < -0.3 is 10.6 Å². The molecule has 0 radical (unpaired) electrons. The third-order valence-electron chi connectivity index (χ3n) is 2.55. The molecule has 6 heteroatoms. The molecule has 2 N–H and O–H groups in total. The second-order valence-electron chi connectivity index (χ2n) is 4.91. The number of carbonyl (C=O) groups excluding carboxylic acids is 1. The molecule has 1 aromatic heterocycles. The number of halogens is 1. The summed E-state index contributed by atoms with van der Waals surface area (Å²) in [5.41, 5.74) is 0.801. The molecule has 0 saturated heterocycles. The molecule has 1 aromatic rings. The third-order valence-corrected chi connectivity index (χ3v) is 2.92. The van der Waals surface area contributed by atoms with Crippen molar-refractivity contribution in [1.29, 1.82) is 0 Å². The second-order valence-corrected chi connectivity index (χ2v) is 5.27. The van der Waals surface area contributed by atoms with E-state index >= 15 is 0 Å². The van der Waals surface area contributed by atoms with E-state index in [-0.39, 0.29) is 5.91 Å². The lowest BCUT2D eigenvalue weighted by molar-refractivity contribution is -0.120. The zero-order chi connectivity index (χ0) is 14.4. The largest absolute Gasteiger partial charge is 0.369 e. The van der Waals surface area contributed by atoms with Crippen LogP contribution in [0.25, 0.3) is 0 Å². The number of nitrogens with zero attached hydrogens (tertiary/aromatic N) is 2. The summed E-state index contributed by atoms with van der Waals surface area (Å²) in [4.78, 5) is 19.9. The first-order valence-corrected chi connectivity index (χ1v) is 6.79. The number of anilines is 1. The minimum atomic E-state index is 0.0377. The first kappa shape index (κ1) is 15.7. The normalized spacial score (nSPS) is 10.6. The molecule has 0 aliphatic carbocycles. The Morgan fingerprint density at radius 3 is 2.63 bits per heavy atom. The van der Waals surface area contributed by atoms with Crippen LogP contribution in [-0.4, -0.2) is 29.0 Å². The Hall–Kier alpha value is -1.36. The van der Waals surface area contributed by atoms with Crippen molar-refractivity contribution in [3.63, 3.8) is 0 Å². The minimum absolute atomic E-state index is 0.0377. The van der Waals surface area contributed by atoms with E-state index in [4.69, 9.17) is 11.6 Å². The summed E-state index contributed by atoms with van der Waals surface area (Å²) >= 11 is 5.97. The first-order chi connectivity index (χ1) is 8.90. The van der Waals surface area contributed by atoms with Crippen LogP contribution in [0.5, 0.6) is 0 Å². The average Bonchev–Trinajstić information content (AvgIpc) is 2.32. The summed E-state index contributed by atoms with van der Waals surface area (Å²) < 4.78 is 0. The fourth-order valence-electron chi connectivity index (χ4n) is 1.47. The molecule has 0 atom stereocenters. The average molecular weight is 285 g/mol. The Labute approximate surface area is 119 Å². The van der Waals surface area contributed by atoms with Crippen molar-refractivity contribution < 1.29 is 4.79 Å². The summed E-state index contributed by atoms with van der Waals surface area (Å²) in [6, 6.07) is 0. The van der Waals surface area contributed by atoms with Crippen molar-refractivity contribution in [2.75, 3.05) is 18.4 Å². The third kappa shape index (κ3) is 5.42. The van der Waals surface area contributed by atoms with Crippen LogP contribution in [0.4, 0.5) is 5.82 Å². The molecule has 0 saturated carbocycles. The number of hydrogen-bond donors (Lipinski definition) is 2. The van der Waals surface area contributed by atoms with Crippen molar-refractivity contribution in [2.24, 2.45) is 5.92 Å². The van der Waals surface area contributed by atoms with Gasteiger partial charge >= 0.3 is 0 Å². The molecule has 0 bridgehead atoms. The van der Waals surface area contributed by atoms with Crippen LogP contribution in [0, 0.1) is 19.8 Å². The number of hydrogen-bond acceptors (Lipinski definition) is 4. The second kappa shape index (κ2) is 7.28. The van der Waals surface area contributed by atoms with Crippen molar-refractivity contribution in [3.05, 3.63) is 16.5 Å². The van der Waals surface area contributed by atoms with Crippen LogP contribution in [-0.2, 0) is 4.79 Å². The minimum Gasteiger partial charge on any atom is -0.369 e. The number of aromatic nitrogens is 2. The van der Waals surface area contributed by atoms with E-state index in [2.05, 4.69) is 34.4 Å². The molecule has 0 spiro atoms.